The van der Waals surface area contributed by atoms with Crippen LogP contribution in [0.25, 0.3) is 4.85 Å². The molecule has 0 spiro atoms. The number of ether oxygens (including phenoxy) is 1. The third-order valence-corrected chi connectivity index (χ3v) is 3.76. The zero-order valence-electron chi connectivity index (χ0n) is 10.4. The number of amides is 1. The van der Waals surface area contributed by atoms with Crippen molar-refractivity contribution < 1.29 is 9.53 Å². The first-order valence-corrected chi connectivity index (χ1v) is 6.01. The molecule has 2 rings (SSSR count). The Morgan fingerprint density at radius 3 is 2.61 bits per heavy atom. The molecule has 0 bridgehead atoms. The van der Waals surface area contributed by atoms with Crippen molar-refractivity contribution in [2.45, 2.75) is 32.9 Å². The lowest BCUT2D eigenvalue weighted by atomic mass is 10.1. The third kappa shape index (κ3) is 1.81. The second-order valence-electron chi connectivity index (χ2n) is 4.35. The summed E-state index contributed by atoms with van der Waals surface area (Å²) < 4.78 is 5.18. The highest BCUT2D eigenvalue weighted by Gasteiger charge is 2.37. The molecule has 18 heavy (non-hydrogen) atoms. The van der Waals surface area contributed by atoms with E-state index in [1.54, 1.807) is 24.0 Å². The summed E-state index contributed by atoms with van der Waals surface area (Å²) >= 11 is 6.12. The van der Waals surface area contributed by atoms with Gasteiger partial charge in [0.1, 0.15) is 6.10 Å². The topological polar surface area (TPSA) is 33.9 Å². The summed E-state index contributed by atoms with van der Waals surface area (Å²) in [5, 5.41) is 0.391. The number of cyclic esters (lactones) is 1. The van der Waals surface area contributed by atoms with Crippen LogP contribution in [0.5, 0.6) is 0 Å². The average Bonchev–Trinajstić information content (AvgIpc) is 2.58. The van der Waals surface area contributed by atoms with Crippen molar-refractivity contribution in [3.8, 4) is 0 Å². The lowest BCUT2D eigenvalue weighted by molar-refractivity contribution is 0.143. The van der Waals surface area contributed by atoms with Crippen molar-refractivity contribution >= 4 is 29.1 Å². The molecule has 0 N–H and O–H groups in total. The largest absolute Gasteiger partial charge is 0.444 e. The van der Waals surface area contributed by atoms with Gasteiger partial charge in [-0.05, 0) is 32.4 Å². The molecular weight excluding hydrogens is 252 g/mol. The van der Waals surface area contributed by atoms with Crippen LogP contribution in [-0.4, -0.2) is 18.2 Å². The van der Waals surface area contributed by atoms with Crippen LogP contribution >= 0.6 is 11.6 Å². The molecule has 1 fully saturated rings. The van der Waals surface area contributed by atoms with E-state index in [0.29, 0.717) is 16.4 Å². The number of anilines is 1. The molecule has 5 heteroatoms. The van der Waals surface area contributed by atoms with Crippen molar-refractivity contribution in [1.82, 2.24) is 0 Å². The van der Waals surface area contributed by atoms with Crippen molar-refractivity contribution in [2.75, 3.05) is 4.90 Å². The summed E-state index contributed by atoms with van der Waals surface area (Å²) in [6, 6.07) is 3.32. The predicted octanol–water partition coefficient (Wildman–Crippen LogP) is 3.93. The highest BCUT2D eigenvalue weighted by molar-refractivity contribution is 6.34. The molecule has 4 nitrogen and oxygen atoms in total. The standard InChI is InChI=1S/C13H13ClN2O2/c1-7-11(6-5-10(15-4)12(7)14)16-8(2)9(3)18-13(16)17/h5-6,8-9H,1-3H3/t8-,9+/m0/s1. The van der Waals surface area contributed by atoms with E-state index in [1.165, 1.54) is 0 Å². The van der Waals surface area contributed by atoms with Crippen LogP contribution in [0.3, 0.4) is 0 Å². The zero-order chi connectivity index (χ0) is 13.4. The molecule has 0 aromatic heterocycles. The highest BCUT2D eigenvalue weighted by Crippen LogP contribution is 2.37. The van der Waals surface area contributed by atoms with Gasteiger partial charge >= 0.3 is 6.09 Å². The Kier molecular flexibility index (Phi) is 3.18. The number of hydrogen-bond donors (Lipinski definition) is 0. The van der Waals surface area contributed by atoms with Gasteiger partial charge in [0, 0.05) is 5.69 Å². The number of halogens is 1. The first-order valence-electron chi connectivity index (χ1n) is 5.63. The van der Waals surface area contributed by atoms with Crippen LogP contribution in [0.15, 0.2) is 12.1 Å². The quantitative estimate of drug-likeness (QED) is 0.720. The van der Waals surface area contributed by atoms with Gasteiger partial charge in [-0.15, -0.1) is 0 Å². The fraction of sp³-hybridized carbons (Fsp3) is 0.385. The lowest BCUT2D eigenvalue weighted by Gasteiger charge is -2.22. The monoisotopic (exact) mass is 264 g/mol. The van der Waals surface area contributed by atoms with E-state index in [2.05, 4.69) is 4.85 Å². The van der Waals surface area contributed by atoms with E-state index in [4.69, 9.17) is 22.9 Å². The smallest absolute Gasteiger partial charge is 0.415 e. The fourth-order valence-corrected chi connectivity index (χ4v) is 2.22. The zero-order valence-corrected chi connectivity index (χ0v) is 11.2. The van der Waals surface area contributed by atoms with E-state index in [1.807, 2.05) is 13.8 Å². The van der Waals surface area contributed by atoms with Gasteiger partial charge in [-0.25, -0.2) is 9.64 Å². The number of nitrogens with zero attached hydrogens (tertiary/aromatic N) is 2. The summed E-state index contributed by atoms with van der Waals surface area (Å²) in [5.41, 5.74) is 1.82. The molecule has 1 amide bonds. The SMILES string of the molecule is [C-]#[N+]c1ccc(N2C(=O)O[C@H](C)[C@@H]2C)c(C)c1Cl. The molecule has 1 aliphatic heterocycles. The van der Waals surface area contributed by atoms with E-state index in [9.17, 15) is 4.79 Å². The van der Waals surface area contributed by atoms with Gasteiger partial charge < -0.3 is 4.74 Å². The van der Waals surface area contributed by atoms with Crippen LogP contribution in [0, 0.1) is 13.5 Å². The number of carbonyl (C=O) groups is 1. The first-order chi connectivity index (χ1) is 8.47. The third-order valence-electron chi connectivity index (χ3n) is 3.29. The Morgan fingerprint density at radius 2 is 2.11 bits per heavy atom. The van der Waals surface area contributed by atoms with Crippen LogP contribution in [0.4, 0.5) is 16.2 Å². The molecule has 1 aliphatic rings. The van der Waals surface area contributed by atoms with Crippen molar-refractivity contribution in [3.63, 3.8) is 0 Å². The molecule has 1 saturated heterocycles. The number of benzene rings is 1. The van der Waals surface area contributed by atoms with Gasteiger partial charge in [-0.2, -0.15) is 0 Å². The van der Waals surface area contributed by atoms with Gasteiger partial charge in [0.2, 0.25) is 5.69 Å². The van der Waals surface area contributed by atoms with E-state index >= 15 is 0 Å². The Bertz CT molecular complexity index is 551. The minimum atomic E-state index is -0.371. The van der Waals surface area contributed by atoms with Crippen LogP contribution in [0.1, 0.15) is 19.4 Å². The van der Waals surface area contributed by atoms with Gasteiger partial charge in [0.25, 0.3) is 0 Å². The Morgan fingerprint density at radius 1 is 1.44 bits per heavy atom. The molecule has 0 unspecified atom stereocenters. The molecule has 0 aliphatic carbocycles. The maximum absolute atomic E-state index is 11.8. The molecular formula is C13H13ClN2O2. The maximum Gasteiger partial charge on any atom is 0.415 e. The van der Waals surface area contributed by atoms with Gasteiger partial charge in [-0.3, -0.25) is 4.90 Å². The maximum atomic E-state index is 11.8. The van der Waals surface area contributed by atoms with Crippen molar-refractivity contribution in [2.24, 2.45) is 0 Å². The number of rotatable bonds is 1. The number of carbonyl (C=O) groups excluding carboxylic acids is 1. The minimum Gasteiger partial charge on any atom is -0.444 e. The predicted molar refractivity (Wildman–Crippen MR) is 70.3 cm³/mol. The molecule has 1 heterocycles. The molecule has 1 aromatic rings. The highest BCUT2D eigenvalue weighted by atomic mass is 35.5. The summed E-state index contributed by atoms with van der Waals surface area (Å²) in [7, 11) is 0. The summed E-state index contributed by atoms with van der Waals surface area (Å²) in [4.78, 5) is 16.7. The van der Waals surface area contributed by atoms with Crippen LogP contribution in [-0.2, 0) is 4.74 Å². The first kappa shape index (κ1) is 12.7. The van der Waals surface area contributed by atoms with Crippen molar-refractivity contribution in [3.05, 3.63) is 34.1 Å². The summed E-state index contributed by atoms with van der Waals surface area (Å²) in [5.74, 6) is 0. The Labute approximate surface area is 111 Å². The van der Waals surface area contributed by atoms with Gasteiger partial charge in [-0.1, -0.05) is 17.7 Å². The number of hydrogen-bond acceptors (Lipinski definition) is 2. The lowest BCUT2D eigenvalue weighted by Crippen LogP contribution is -2.33. The van der Waals surface area contributed by atoms with Gasteiger partial charge in [0.15, 0.2) is 0 Å². The van der Waals surface area contributed by atoms with E-state index in [-0.39, 0.29) is 18.2 Å². The average molecular weight is 265 g/mol. The fourth-order valence-electron chi connectivity index (χ4n) is 2.02. The normalized spacial score (nSPS) is 22.8. The van der Waals surface area contributed by atoms with Gasteiger partial charge in [0.05, 0.1) is 17.6 Å². The molecule has 94 valence electrons. The molecule has 0 radical (unpaired) electrons. The molecule has 0 saturated carbocycles. The second-order valence-corrected chi connectivity index (χ2v) is 4.73. The van der Waals surface area contributed by atoms with Crippen LogP contribution < -0.4 is 4.90 Å². The van der Waals surface area contributed by atoms with E-state index < -0.39 is 0 Å². The second kappa shape index (κ2) is 4.51. The minimum absolute atomic E-state index is 0.0499. The summed E-state index contributed by atoms with van der Waals surface area (Å²) in [6.45, 7) is 12.6. The Hall–Kier alpha value is -1.73. The van der Waals surface area contributed by atoms with Crippen molar-refractivity contribution in [1.29, 1.82) is 0 Å². The molecule has 1 aromatic carbocycles. The Balaban J connectivity index is 2.50. The molecule has 2 atom stereocenters. The van der Waals surface area contributed by atoms with E-state index in [0.717, 1.165) is 5.56 Å². The summed E-state index contributed by atoms with van der Waals surface area (Å²) in [6.07, 6.45) is -0.527. The van der Waals surface area contributed by atoms with Crippen LogP contribution in [0.2, 0.25) is 5.02 Å².